The Kier molecular flexibility index (Phi) is 8.98. The molecule has 0 amide bonds. The van der Waals surface area contributed by atoms with Gasteiger partial charge in [-0.05, 0) is 19.1 Å². The average Bonchev–Trinajstić information content (AvgIpc) is 2.67. The maximum absolute atomic E-state index is 11.9. The van der Waals surface area contributed by atoms with E-state index in [1.165, 1.54) is 26.2 Å². The van der Waals surface area contributed by atoms with Crippen molar-refractivity contribution in [2.45, 2.75) is 33.6 Å². The third-order valence-electron chi connectivity index (χ3n) is 3.43. The molecule has 0 unspecified atom stereocenters. The van der Waals surface area contributed by atoms with E-state index in [2.05, 4.69) is 0 Å². The van der Waals surface area contributed by atoms with Gasteiger partial charge in [-0.2, -0.15) is 0 Å². The summed E-state index contributed by atoms with van der Waals surface area (Å²) in [7, 11) is 1.21. The molecule has 0 atom stereocenters. The second-order valence-electron chi connectivity index (χ2n) is 5.65. The Hall–Kier alpha value is -2.90. The summed E-state index contributed by atoms with van der Waals surface area (Å²) in [5.74, 6) is -1.13. The molecule has 0 aliphatic rings. The molecular formula is C19H24O8. The molecule has 1 aromatic carbocycles. The minimum atomic E-state index is -0.661. The number of ketones is 3. The molecule has 8 heteroatoms. The van der Waals surface area contributed by atoms with Crippen molar-refractivity contribution in [2.75, 3.05) is 26.9 Å². The van der Waals surface area contributed by atoms with E-state index < -0.39 is 5.97 Å². The highest BCUT2D eigenvalue weighted by Crippen LogP contribution is 2.39. The first-order valence-corrected chi connectivity index (χ1v) is 8.49. The SMILES string of the molecule is CCC(=O)COc1cc(C(=O)OC)cc(OCC(=O)CC)c1OCC(C)=O. The number of benzene rings is 1. The fourth-order valence-corrected chi connectivity index (χ4v) is 1.86. The van der Waals surface area contributed by atoms with Gasteiger partial charge < -0.3 is 18.9 Å². The number of ether oxygens (including phenoxy) is 4. The number of methoxy groups -OCH3 is 1. The molecule has 0 N–H and O–H groups in total. The molecule has 0 aliphatic heterocycles. The number of carbonyl (C=O) groups excluding carboxylic acids is 4. The Labute approximate surface area is 157 Å². The minimum absolute atomic E-state index is 0.0330. The van der Waals surface area contributed by atoms with Gasteiger partial charge >= 0.3 is 5.97 Å². The summed E-state index contributed by atoms with van der Waals surface area (Å²) in [5, 5.41) is 0. The number of carbonyl (C=O) groups is 4. The lowest BCUT2D eigenvalue weighted by molar-refractivity contribution is -0.121. The van der Waals surface area contributed by atoms with Crippen molar-refractivity contribution in [1.29, 1.82) is 0 Å². The van der Waals surface area contributed by atoms with Crippen LogP contribution in [0.3, 0.4) is 0 Å². The van der Waals surface area contributed by atoms with Gasteiger partial charge in [0.25, 0.3) is 0 Å². The first kappa shape index (κ1) is 22.1. The highest BCUT2D eigenvalue weighted by Gasteiger charge is 2.21. The third-order valence-corrected chi connectivity index (χ3v) is 3.43. The van der Waals surface area contributed by atoms with Gasteiger partial charge in [0.1, 0.15) is 19.8 Å². The number of hydrogen-bond donors (Lipinski definition) is 0. The van der Waals surface area contributed by atoms with E-state index in [1.807, 2.05) is 0 Å². The predicted molar refractivity (Wildman–Crippen MR) is 95.5 cm³/mol. The molecule has 0 radical (unpaired) electrons. The largest absolute Gasteiger partial charge is 0.482 e. The van der Waals surface area contributed by atoms with E-state index >= 15 is 0 Å². The normalized spacial score (nSPS) is 10.1. The van der Waals surface area contributed by atoms with Crippen LogP contribution in [0.15, 0.2) is 12.1 Å². The zero-order valence-electron chi connectivity index (χ0n) is 16.0. The number of hydrogen-bond acceptors (Lipinski definition) is 8. The van der Waals surface area contributed by atoms with Gasteiger partial charge in [-0.25, -0.2) is 4.79 Å². The number of Topliss-reactive ketones (excluding diaryl/α,β-unsaturated/α-hetero) is 3. The lowest BCUT2D eigenvalue weighted by Crippen LogP contribution is -2.15. The van der Waals surface area contributed by atoms with Gasteiger partial charge in [-0.1, -0.05) is 13.8 Å². The molecule has 0 heterocycles. The van der Waals surface area contributed by atoms with Crippen molar-refractivity contribution in [3.05, 3.63) is 17.7 Å². The van der Waals surface area contributed by atoms with Crippen LogP contribution in [0.1, 0.15) is 44.0 Å². The summed E-state index contributed by atoms with van der Waals surface area (Å²) in [6.45, 7) is 3.96. The molecule has 27 heavy (non-hydrogen) atoms. The van der Waals surface area contributed by atoms with Crippen LogP contribution >= 0.6 is 0 Å². The Bertz CT molecular complexity index is 667. The van der Waals surface area contributed by atoms with Crippen LogP contribution in [-0.2, 0) is 19.1 Å². The van der Waals surface area contributed by atoms with Gasteiger partial charge in [-0.3, -0.25) is 14.4 Å². The molecule has 0 aliphatic carbocycles. The summed E-state index contributed by atoms with van der Waals surface area (Å²) >= 11 is 0. The first-order valence-electron chi connectivity index (χ1n) is 8.49. The van der Waals surface area contributed by atoms with Crippen molar-refractivity contribution in [3.8, 4) is 17.2 Å². The van der Waals surface area contributed by atoms with Crippen LogP contribution in [0, 0.1) is 0 Å². The van der Waals surface area contributed by atoms with Crippen LogP contribution in [0.4, 0.5) is 0 Å². The van der Waals surface area contributed by atoms with E-state index in [4.69, 9.17) is 18.9 Å². The van der Waals surface area contributed by atoms with Crippen LogP contribution in [0.2, 0.25) is 0 Å². The summed E-state index contributed by atoms with van der Waals surface area (Å²) in [6, 6.07) is 2.66. The summed E-state index contributed by atoms with van der Waals surface area (Å²) in [5.41, 5.74) is 0.0885. The quantitative estimate of drug-likeness (QED) is 0.508. The first-order chi connectivity index (χ1) is 12.8. The van der Waals surface area contributed by atoms with Crippen LogP contribution in [0.25, 0.3) is 0 Å². The second-order valence-corrected chi connectivity index (χ2v) is 5.65. The summed E-state index contributed by atoms with van der Waals surface area (Å²) in [4.78, 5) is 46.4. The number of rotatable bonds is 12. The Morgan fingerprint density at radius 2 is 1.30 bits per heavy atom. The Balaban J connectivity index is 3.32. The number of esters is 1. The summed E-state index contributed by atoms with van der Waals surface area (Å²) < 4.78 is 21.1. The average molecular weight is 380 g/mol. The van der Waals surface area contributed by atoms with Crippen LogP contribution in [-0.4, -0.2) is 50.2 Å². The molecule has 0 bridgehead atoms. The molecule has 148 valence electrons. The highest BCUT2D eigenvalue weighted by atomic mass is 16.5. The molecule has 8 nitrogen and oxygen atoms in total. The topological polar surface area (TPSA) is 105 Å². The molecular weight excluding hydrogens is 356 g/mol. The van der Waals surface area contributed by atoms with E-state index in [-0.39, 0.29) is 72.8 Å². The molecule has 0 aromatic heterocycles. The molecule has 0 saturated carbocycles. The molecule has 0 spiro atoms. The smallest absolute Gasteiger partial charge is 0.338 e. The van der Waals surface area contributed by atoms with E-state index in [1.54, 1.807) is 13.8 Å². The van der Waals surface area contributed by atoms with Crippen molar-refractivity contribution in [2.24, 2.45) is 0 Å². The van der Waals surface area contributed by atoms with Crippen molar-refractivity contribution in [1.82, 2.24) is 0 Å². The van der Waals surface area contributed by atoms with Crippen LogP contribution < -0.4 is 14.2 Å². The summed E-state index contributed by atoms with van der Waals surface area (Å²) in [6.07, 6.45) is 0.545. The van der Waals surface area contributed by atoms with Gasteiger partial charge in [0.15, 0.2) is 28.8 Å². The van der Waals surface area contributed by atoms with E-state index in [0.29, 0.717) is 0 Å². The third kappa shape index (κ3) is 7.08. The maximum atomic E-state index is 11.9. The van der Waals surface area contributed by atoms with E-state index in [9.17, 15) is 19.2 Å². The highest BCUT2D eigenvalue weighted by molar-refractivity contribution is 5.91. The standard InChI is InChI=1S/C19H24O8/c1-5-14(21)10-25-16-7-13(19(23)24-4)8-17(26-11-15(22)6-2)18(16)27-9-12(3)20/h7-8H,5-6,9-11H2,1-4H3. The van der Waals surface area contributed by atoms with Crippen LogP contribution in [0.5, 0.6) is 17.2 Å². The maximum Gasteiger partial charge on any atom is 0.338 e. The monoisotopic (exact) mass is 380 g/mol. The predicted octanol–water partition coefficient (Wildman–Crippen LogP) is 2.16. The lowest BCUT2D eigenvalue weighted by Gasteiger charge is -2.17. The zero-order chi connectivity index (χ0) is 20.4. The fraction of sp³-hybridized carbons (Fsp3) is 0.474. The van der Waals surface area contributed by atoms with Gasteiger partial charge in [0, 0.05) is 12.8 Å². The zero-order valence-corrected chi connectivity index (χ0v) is 16.0. The molecule has 0 saturated heterocycles. The second kappa shape index (κ2) is 10.9. The Morgan fingerprint density at radius 1 is 0.815 bits per heavy atom. The molecule has 1 rings (SSSR count). The van der Waals surface area contributed by atoms with Crippen molar-refractivity contribution < 1.29 is 38.1 Å². The van der Waals surface area contributed by atoms with Gasteiger partial charge in [-0.15, -0.1) is 0 Å². The van der Waals surface area contributed by atoms with E-state index in [0.717, 1.165) is 0 Å². The molecule has 0 fully saturated rings. The minimum Gasteiger partial charge on any atom is -0.482 e. The lowest BCUT2D eigenvalue weighted by atomic mass is 10.1. The van der Waals surface area contributed by atoms with Gasteiger partial charge in [0.05, 0.1) is 12.7 Å². The van der Waals surface area contributed by atoms with Gasteiger partial charge in [0.2, 0.25) is 5.75 Å². The Morgan fingerprint density at radius 3 is 1.67 bits per heavy atom. The van der Waals surface area contributed by atoms with Crippen molar-refractivity contribution in [3.63, 3.8) is 0 Å². The van der Waals surface area contributed by atoms with Crippen molar-refractivity contribution >= 4 is 23.3 Å². The molecule has 1 aromatic rings. The fourth-order valence-electron chi connectivity index (χ4n) is 1.86.